The van der Waals surface area contributed by atoms with E-state index in [1.54, 1.807) is 24.1 Å². The van der Waals surface area contributed by atoms with Crippen molar-refractivity contribution >= 4 is 23.5 Å². The number of nitrogens with one attached hydrogen (secondary N) is 1. The van der Waals surface area contributed by atoms with E-state index in [2.05, 4.69) is 48.4 Å². The van der Waals surface area contributed by atoms with Gasteiger partial charge in [0.1, 0.15) is 17.5 Å². The van der Waals surface area contributed by atoms with Crippen LogP contribution in [0.15, 0.2) is 36.5 Å². The Labute approximate surface area is 219 Å². The van der Waals surface area contributed by atoms with Gasteiger partial charge in [-0.1, -0.05) is 19.1 Å². The van der Waals surface area contributed by atoms with Gasteiger partial charge in [0.05, 0.1) is 11.6 Å². The Hall–Kier alpha value is -3.60. The molecule has 1 aromatic carbocycles. The molecule has 1 N–H and O–H groups in total. The Morgan fingerprint density at radius 2 is 1.84 bits per heavy atom. The van der Waals surface area contributed by atoms with E-state index < -0.39 is 5.60 Å². The molecule has 2 aliphatic rings. The smallest absolute Gasteiger partial charge is 0.410 e. The van der Waals surface area contributed by atoms with E-state index in [9.17, 15) is 9.59 Å². The number of pyridine rings is 1. The molecule has 2 aliphatic heterocycles. The molecule has 0 radical (unpaired) electrons. The second kappa shape index (κ2) is 10.4. The maximum absolute atomic E-state index is 12.7. The molecule has 3 heterocycles. The maximum atomic E-state index is 12.7. The first-order valence-corrected chi connectivity index (χ1v) is 13.0. The first-order chi connectivity index (χ1) is 17.5. The van der Waals surface area contributed by atoms with Crippen molar-refractivity contribution in [2.24, 2.45) is 5.92 Å². The third-order valence-corrected chi connectivity index (χ3v) is 7.49. The van der Waals surface area contributed by atoms with Crippen molar-refractivity contribution < 1.29 is 14.3 Å². The third kappa shape index (κ3) is 5.71. The molecule has 1 unspecified atom stereocenters. The van der Waals surface area contributed by atoms with Crippen LogP contribution in [0.1, 0.15) is 83.0 Å². The van der Waals surface area contributed by atoms with Crippen LogP contribution in [0.4, 0.5) is 16.3 Å². The number of hydrogen-bond acceptors (Lipinski definition) is 6. The summed E-state index contributed by atoms with van der Waals surface area (Å²) in [6.07, 6.45) is 3.03. The van der Waals surface area contributed by atoms with E-state index in [1.165, 1.54) is 5.56 Å². The molecule has 37 heavy (non-hydrogen) atoms. The van der Waals surface area contributed by atoms with Gasteiger partial charge in [-0.25, -0.2) is 9.78 Å². The normalized spacial score (nSPS) is 22.1. The number of rotatable bonds is 3. The van der Waals surface area contributed by atoms with E-state index in [0.29, 0.717) is 30.4 Å². The number of nitriles is 1. The van der Waals surface area contributed by atoms with Gasteiger partial charge in [-0.3, -0.25) is 4.79 Å². The van der Waals surface area contributed by atoms with Crippen molar-refractivity contribution in [2.75, 3.05) is 23.3 Å². The molecule has 2 aromatic rings. The van der Waals surface area contributed by atoms with Crippen LogP contribution in [0.2, 0.25) is 0 Å². The summed E-state index contributed by atoms with van der Waals surface area (Å²) in [5, 5.41) is 12.7. The summed E-state index contributed by atoms with van der Waals surface area (Å²) in [6.45, 7) is 12.8. The third-order valence-electron chi connectivity index (χ3n) is 7.49. The number of hydrogen-bond donors (Lipinski definition) is 1. The molecule has 0 aliphatic carbocycles. The van der Waals surface area contributed by atoms with Crippen LogP contribution in [-0.4, -0.2) is 46.6 Å². The second-order valence-electron chi connectivity index (χ2n) is 11.2. The summed E-state index contributed by atoms with van der Waals surface area (Å²) in [7, 11) is 0. The summed E-state index contributed by atoms with van der Waals surface area (Å²) < 4.78 is 5.55. The zero-order valence-corrected chi connectivity index (χ0v) is 22.6. The molecule has 8 nitrogen and oxygen atoms in total. The minimum absolute atomic E-state index is 0.00352. The van der Waals surface area contributed by atoms with E-state index in [4.69, 9.17) is 10.00 Å². The van der Waals surface area contributed by atoms with Crippen molar-refractivity contribution in [3.8, 4) is 6.07 Å². The number of nitrogens with zero attached hydrogens (tertiary/aromatic N) is 4. The summed E-state index contributed by atoms with van der Waals surface area (Å²) >= 11 is 0. The first kappa shape index (κ1) is 26.5. The average Bonchev–Trinajstić information content (AvgIpc) is 2.86. The number of carbonyl (C=O) groups is 2. The van der Waals surface area contributed by atoms with Crippen LogP contribution in [0.3, 0.4) is 0 Å². The fraction of sp³-hybridized carbons (Fsp3) is 0.517. The maximum Gasteiger partial charge on any atom is 0.410 e. The lowest BCUT2D eigenvalue weighted by atomic mass is 9.80. The highest BCUT2D eigenvalue weighted by Gasteiger charge is 2.39. The Morgan fingerprint density at radius 3 is 2.41 bits per heavy atom. The Morgan fingerprint density at radius 1 is 1.14 bits per heavy atom. The lowest BCUT2D eigenvalue weighted by molar-refractivity contribution is -0.117. The first-order valence-electron chi connectivity index (χ1n) is 13.0. The molecule has 8 heteroatoms. The molecule has 0 bridgehead atoms. The molecule has 0 spiro atoms. The van der Waals surface area contributed by atoms with Crippen molar-refractivity contribution in [3.63, 3.8) is 0 Å². The predicted molar refractivity (Wildman–Crippen MR) is 143 cm³/mol. The van der Waals surface area contributed by atoms with Crippen LogP contribution in [0.5, 0.6) is 0 Å². The van der Waals surface area contributed by atoms with Gasteiger partial charge in [0.25, 0.3) is 0 Å². The summed E-state index contributed by atoms with van der Waals surface area (Å²) in [6, 6.07) is 12.0. The van der Waals surface area contributed by atoms with Crippen molar-refractivity contribution in [1.29, 1.82) is 5.26 Å². The molecule has 1 fully saturated rings. The quantitative estimate of drug-likeness (QED) is 0.584. The van der Waals surface area contributed by atoms with E-state index in [-0.39, 0.29) is 30.0 Å². The van der Waals surface area contributed by atoms with E-state index >= 15 is 0 Å². The number of carbonyl (C=O) groups excluding carboxylic acids is 2. The van der Waals surface area contributed by atoms with Crippen molar-refractivity contribution in [3.05, 3.63) is 53.2 Å². The Bertz CT molecular complexity index is 1190. The highest BCUT2D eigenvalue weighted by atomic mass is 16.6. The summed E-state index contributed by atoms with van der Waals surface area (Å²) in [4.78, 5) is 33.3. The van der Waals surface area contributed by atoms with E-state index in [0.717, 1.165) is 24.1 Å². The molecule has 2 amide bonds. The number of amides is 2. The predicted octanol–water partition coefficient (Wildman–Crippen LogP) is 5.61. The van der Waals surface area contributed by atoms with Crippen molar-refractivity contribution in [1.82, 2.24) is 9.88 Å². The fourth-order valence-corrected chi connectivity index (χ4v) is 5.40. The standard InChI is InChI=1S/C29H37N5O3/c1-18-19(2)34(20(3)35)25-9-8-23(22-11-13-33(14-12-22)28(36)37-29(4,5)6)15-24(25)27(18)32-26-10-7-21(16-30)17-31-26/h7-10,15,17-19,22,27H,11-14H2,1-6H3,(H,31,32)/t18-,19-,27?/m0/s1. The highest BCUT2D eigenvalue weighted by Crippen LogP contribution is 2.44. The number of aromatic nitrogens is 1. The minimum atomic E-state index is -0.505. The zero-order chi connectivity index (χ0) is 26.9. The van der Waals surface area contributed by atoms with Gasteiger partial charge in [-0.05, 0) is 75.8 Å². The van der Waals surface area contributed by atoms with Crippen LogP contribution in [0.25, 0.3) is 0 Å². The van der Waals surface area contributed by atoms with Gasteiger partial charge in [0, 0.05) is 43.9 Å². The fourth-order valence-electron chi connectivity index (χ4n) is 5.40. The largest absolute Gasteiger partial charge is 0.444 e. The van der Waals surface area contributed by atoms with Gasteiger partial charge in [0.2, 0.25) is 5.91 Å². The molecular formula is C29H37N5O3. The lowest BCUT2D eigenvalue weighted by Gasteiger charge is -2.44. The monoisotopic (exact) mass is 503 g/mol. The SMILES string of the molecule is CC(=O)N1c2ccc(C3CCN(C(=O)OC(C)(C)C)CC3)cc2C(Nc2ccc(C#N)cn2)[C@@H](C)[C@@H]1C. The van der Waals surface area contributed by atoms with Crippen LogP contribution < -0.4 is 10.2 Å². The number of benzene rings is 1. The molecular weight excluding hydrogens is 466 g/mol. The minimum Gasteiger partial charge on any atom is -0.444 e. The van der Waals surface area contributed by atoms with Gasteiger partial charge in [0.15, 0.2) is 0 Å². The van der Waals surface area contributed by atoms with Gasteiger partial charge in [-0.15, -0.1) is 0 Å². The number of fused-ring (bicyclic) bond motifs is 1. The second-order valence-corrected chi connectivity index (χ2v) is 11.2. The van der Waals surface area contributed by atoms with Gasteiger partial charge >= 0.3 is 6.09 Å². The average molecular weight is 504 g/mol. The van der Waals surface area contributed by atoms with Crippen molar-refractivity contribution in [2.45, 2.75) is 78.0 Å². The molecule has 196 valence electrons. The molecule has 0 saturated carbocycles. The summed E-state index contributed by atoms with van der Waals surface area (Å²) in [5.74, 6) is 1.16. The number of ether oxygens (including phenoxy) is 1. The van der Waals surface area contributed by atoms with Gasteiger partial charge in [-0.2, -0.15) is 5.26 Å². The highest BCUT2D eigenvalue weighted by molar-refractivity contribution is 5.94. The topological polar surface area (TPSA) is 98.6 Å². The van der Waals surface area contributed by atoms with Crippen LogP contribution in [-0.2, 0) is 9.53 Å². The number of anilines is 2. The Balaban J connectivity index is 1.60. The van der Waals surface area contributed by atoms with Gasteiger partial charge < -0.3 is 19.9 Å². The molecule has 1 aromatic heterocycles. The summed E-state index contributed by atoms with van der Waals surface area (Å²) in [5.41, 5.74) is 3.21. The number of likely N-dealkylation sites (tertiary alicyclic amines) is 1. The number of piperidine rings is 1. The van der Waals surface area contributed by atoms with E-state index in [1.807, 2.05) is 31.7 Å². The van der Waals surface area contributed by atoms with Crippen LogP contribution in [0, 0.1) is 17.2 Å². The lowest BCUT2D eigenvalue weighted by Crippen LogP contribution is -2.48. The molecule has 3 atom stereocenters. The van der Waals surface area contributed by atoms with Crippen LogP contribution >= 0.6 is 0 Å². The Kier molecular flexibility index (Phi) is 7.44. The molecule has 4 rings (SSSR count). The zero-order valence-electron chi connectivity index (χ0n) is 22.6. The molecule has 1 saturated heterocycles.